The van der Waals surface area contributed by atoms with Crippen LogP contribution in [0.5, 0.6) is 0 Å². The van der Waals surface area contributed by atoms with Crippen molar-refractivity contribution in [3.8, 4) is 0 Å². The lowest BCUT2D eigenvalue weighted by Crippen LogP contribution is -2.40. The predicted molar refractivity (Wildman–Crippen MR) is 136 cm³/mol. The standard InChI is InChI=1S/C23H41N5.HI/c1-5-24-23(26-16-12-21-13-17-27(3)18-14-21)25-15-11-20(2)28(4)19-22-9-7-6-8-10-22;/h6-10,20-21H,5,11-19H2,1-4H3,(H2,24,25,26);1H. The molecule has 0 saturated carbocycles. The van der Waals surface area contributed by atoms with Crippen molar-refractivity contribution < 1.29 is 0 Å². The molecule has 166 valence electrons. The first-order valence-electron chi connectivity index (χ1n) is 11.0. The van der Waals surface area contributed by atoms with Gasteiger partial charge in [-0.25, -0.2) is 0 Å². The molecule has 29 heavy (non-hydrogen) atoms. The van der Waals surface area contributed by atoms with Gasteiger partial charge >= 0.3 is 0 Å². The molecule has 1 fully saturated rings. The van der Waals surface area contributed by atoms with Gasteiger partial charge in [0.1, 0.15) is 0 Å². The molecule has 1 atom stereocenters. The van der Waals surface area contributed by atoms with Crippen molar-refractivity contribution in [2.24, 2.45) is 10.9 Å². The van der Waals surface area contributed by atoms with Crippen molar-refractivity contribution in [3.63, 3.8) is 0 Å². The number of rotatable bonds is 10. The summed E-state index contributed by atoms with van der Waals surface area (Å²) in [5, 5.41) is 6.91. The molecule has 2 rings (SSSR count). The van der Waals surface area contributed by atoms with Gasteiger partial charge in [0, 0.05) is 32.2 Å². The summed E-state index contributed by atoms with van der Waals surface area (Å²) in [6.45, 7) is 10.7. The largest absolute Gasteiger partial charge is 0.357 e. The van der Waals surface area contributed by atoms with Gasteiger partial charge in [-0.2, -0.15) is 0 Å². The van der Waals surface area contributed by atoms with Gasteiger partial charge in [-0.05, 0) is 78.2 Å². The number of halogens is 1. The van der Waals surface area contributed by atoms with E-state index in [2.05, 4.69) is 78.7 Å². The number of nitrogens with one attached hydrogen (secondary N) is 2. The minimum atomic E-state index is 0. The molecule has 1 aliphatic rings. The average molecular weight is 516 g/mol. The summed E-state index contributed by atoms with van der Waals surface area (Å²) in [5.41, 5.74) is 1.37. The Kier molecular flexibility index (Phi) is 13.6. The van der Waals surface area contributed by atoms with Gasteiger partial charge in [0.05, 0.1) is 0 Å². The highest BCUT2D eigenvalue weighted by Crippen LogP contribution is 2.19. The summed E-state index contributed by atoms with van der Waals surface area (Å²) in [6, 6.07) is 11.2. The summed E-state index contributed by atoms with van der Waals surface area (Å²) in [5.74, 6) is 1.81. The van der Waals surface area contributed by atoms with Crippen LogP contribution in [-0.4, -0.2) is 68.6 Å². The van der Waals surface area contributed by atoms with Crippen molar-refractivity contribution >= 4 is 29.9 Å². The van der Waals surface area contributed by atoms with E-state index in [-0.39, 0.29) is 24.0 Å². The van der Waals surface area contributed by atoms with E-state index in [9.17, 15) is 0 Å². The van der Waals surface area contributed by atoms with Crippen molar-refractivity contribution in [2.45, 2.75) is 52.1 Å². The first kappa shape index (κ1) is 26.2. The molecule has 1 aliphatic heterocycles. The highest BCUT2D eigenvalue weighted by molar-refractivity contribution is 14.0. The number of guanidine groups is 1. The minimum absolute atomic E-state index is 0. The van der Waals surface area contributed by atoms with Gasteiger partial charge in [0.15, 0.2) is 5.96 Å². The Balaban J connectivity index is 0.00000420. The molecule has 1 heterocycles. The fourth-order valence-electron chi connectivity index (χ4n) is 3.70. The van der Waals surface area contributed by atoms with Crippen LogP contribution in [0.4, 0.5) is 0 Å². The third kappa shape index (κ3) is 10.6. The van der Waals surface area contributed by atoms with Crippen LogP contribution < -0.4 is 10.6 Å². The van der Waals surface area contributed by atoms with E-state index < -0.39 is 0 Å². The Labute approximate surface area is 195 Å². The van der Waals surface area contributed by atoms with Gasteiger partial charge in [0.2, 0.25) is 0 Å². The van der Waals surface area contributed by atoms with Crippen molar-refractivity contribution in [2.75, 3.05) is 46.8 Å². The number of hydrogen-bond donors (Lipinski definition) is 2. The Bertz CT molecular complexity index is 558. The molecule has 2 N–H and O–H groups in total. The summed E-state index contributed by atoms with van der Waals surface area (Å²) in [6.07, 6.45) is 4.95. The highest BCUT2D eigenvalue weighted by Gasteiger charge is 2.16. The molecule has 6 heteroatoms. The lowest BCUT2D eigenvalue weighted by atomic mass is 9.94. The first-order valence-corrected chi connectivity index (χ1v) is 11.0. The zero-order valence-electron chi connectivity index (χ0n) is 18.9. The fraction of sp³-hybridized carbons (Fsp3) is 0.696. The van der Waals surface area contributed by atoms with E-state index >= 15 is 0 Å². The van der Waals surface area contributed by atoms with Gasteiger partial charge < -0.3 is 15.5 Å². The molecular formula is C23H42IN5. The molecule has 1 saturated heterocycles. The van der Waals surface area contributed by atoms with E-state index in [0.29, 0.717) is 6.04 Å². The zero-order chi connectivity index (χ0) is 20.2. The third-order valence-corrected chi connectivity index (χ3v) is 5.87. The lowest BCUT2D eigenvalue weighted by Gasteiger charge is -2.28. The highest BCUT2D eigenvalue weighted by atomic mass is 127. The summed E-state index contributed by atoms with van der Waals surface area (Å²) < 4.78 is 0. The molecule has 0 amide bonds. The van der Waals surface area contributed by atoms with Gasteiger partial charge in [-0.1, -0.05) is 30.3 Å². The maximum atomic E-state index is 4.80. The second kappa shape index (κ2) is 15.0. The van der Waals surface area contributed by atoms with E-state index in [1.54, 1.807) is 0 Å². The van der Waals surface area contributed by atoms with E-state index in [4.69, 9.17) is 4.99 Å². The molecule has 0 spiro atoms. The van der Waals surface area contributed by atoms with Crippen LogP contribution in [0.1, 0.15) is 45.1 Å². The normalized spacial score (nSPS) is 17.1. The topological polar surface area (TPSA) is 42.9 Å². The number of hydrogen-bond acceptors (Lipinski definition) is 3. The van der Waals surface area contributed by atoms with Crippen LogP contribution in [0.3, 0.4) is 0 Å². The molecule has 1 aromatic rings. The van der Waals surface area contributed by atoms with Gasteiger partial charge in [-0.15, -0.1) is 24.0 Å². The predicted octanol–water partition coefficient (Wildman–Crippen LogP) is 3.80. The summed E-state index contributed by atoms with van der Waals surface area (Å²) >= 11 is 0. The maximum Gasteiger partial charge on any atom is 0.191 e. The fourth-order valence-corrected chi connectivity index (χ4v) is 3.70. The Morgan fingerprint density at radius 3 is 2.55 bits per heavy atom. The van der Waals surface area contributed by atoms with Gasteiger partial charge in [-0.3, -0.25) is 9.89 Å². The quantitative estimate of drug-likeness (QED) is 0.283. The molecule has 0 bridgehead atoms. The number of piperidine rings is 1. The van der Waals surface area contributed by atoms with Crippen LogP contribution >= 0.6 is 24.0 Å². The number of likely N-dealkylation sites (tertiary alicyclic amines) is 1. The first-order chi connectivity index (χ1) is 13.6. The third-order valence-electron chi connectivity index (χ3n) is 5.87. The molecule has 1 aromatic carbocycles. The van der Waals surface area contributed by atoms with Crippen LogP contribution in [-0.2, 0) is 6.54 Å². The van der Waals surface area contributed by atoms with E-state index in [0.717, 1.165) is 44.5 Å². The molecule has 0 radical (unpaired) electrons. The smallest absolute Gasteiger partial charge is 0.191 e. The average Bonchev–Trinajstić information content (AvgIpc) is 2.70. The minimum Gasteiger partial charge on any atom is -0.357 e. The monoisotopic (exact) mass is 515 g/mol. The van der Waals surface area contributed by atoms with Crippen LogP contribution in [0.15, 0.2) is 35.3 Å². The molecule has 0 aliphatic carbocycles. The Hall–Kier alpha value is -0.860. The maximum absolute atomic E-state index is 4.80. The number of aliphatic imine (C=N–C) groups is 1. The molecule has 1 unspecified atom stereocenters. The number of benzene rings is 1. The van der Waals surface area contributed by atoms with Crippen LogP contribution in [0.25, 0.3) is 0 Å². The Morgan fingerprint density at radius 1 is 1.21 bits per heavy atom. The number of nitrogens with zero attached hydrogens (tertiary/aromatic N) is 3. The van der Waals surface area contributed by atoms with Crippen molar-refractivity contribution in [1.29, 1.82) is 0 Å². The molecule has 0 aromatic heterocycles. The van der Waals surface area contributed by atoms with Gasteiger partial charge in [0.25, 0.3) is 0 Å². The lowest BCUT2D eigenvalue weighted by molar-refractivity contribution is 0.214. The zero-order valence-corrected chi connectivity index (χ0v) is 21.2. The summed E-state index contributed by atoms with van der Waals surface area (Å²) in [4.78, 5) is 9.65. The van der Waals surface area contributed by atoms with E-state index in [1.165, 1.54) is 37.9 Å². The summed E-state index contributed by atoms with van der Waals surface area (Å²) in [7, 11) is 4.43. The second-order valence-electron chi connectivity index (χ2n) is 8.26. The molecular weight excluding hydrogens is 473 g/mol. The van der Waals surface area contributed by atoms with Crippen LogP contribution in [0, 0.1) is 5.92 Å². The second-order valence-corrected chi connectivity index (χ2v) is 8.26. The SMILES string of the molecule is CCNC(=NCCC1CCN(C)CC1)NCCC(C)N(C)Cc1ccccc1.I. The molecule has 5 nitrogen and oxygen atoms in total. The van der Waals surface area contributed by atoms with Crippen LogP contribution in [0.2, 0.25) is 0 Å². The Morgan fingerprint density at radius 2 is 1.90 bits per heavy atom. The van der Waals surface area contributed by atoms with Crippen molar-refractivity contribution in [1.82, 2.24) is 20.4 Å². The van der Waals surface area contributed by atoms with Crippen molar-refractivity contribution in [3.05, 3.63) is 35.9 Å². The van der Waals surface area contributed by atoms with E-state index in [1.807, 2.05) is 0 Å².